The smallest absolute Gasteiger partial charge is 0.257 e. The monoisotopic (exact) mass is 360 g/mol. The summed E-state index contributed by atoms with van der Waals surface area (Å²) in [6.45, 7) is 3.40. The lowest BCUT2D eigenvalue weighted by Crippen LogP contribution is -2.13. The van der Waals surface area contributed by atoms with Gasteiger partial charge in [-0.15, -0.1) is 0 Å². The molecular weight excluding hydrogens is 340 g/mol. The van der Waals surface area contributed by atoms with E-state index in [1.54, 1.807) is 18.2 Å². The van der Waals surface area contributed by atoms with Gasteiger partial charge in [-0.25, -0.2) is 4.98 Å². The predicted molar refractivity (Wildman–Crippen MR) is 107 cm³/mol. The van der Waals surface area contributed by atoms with Crippen molar-refractivity contribution in [2.24, 2.45) is 0 Å². The zero-order chi connectivity index (χ0) is 19.2. The zero-order valence-electron chi connectivity index (χ0n) is 15.1. The number of aromatic nitrogens is 1. The first-order chi connectivity index (χ1) is 13.0. The molecule has 1 heterocycles. The Kier molecular flexibility index (Phi) is 5.47. The first kappa shape index (κ1) is 18.1. The molecule has 0 spiro atoms. The number of hydrogen-bond acceptors (Lipinski definition) is 4. The van der Waals surface area contributed by atoms with Crippen LogP contribution in [0, 0.1) is 6.92 Å². The van der Waals surface area contributed by atoms with Gasteiger partial charge in [0.05, 0.1) is 5.56 Å². The van der Waals surface area contributed by atoms with Crippen molar-refractivity contribution in [1.82, 2.24) is 4.98 Å². The molecule has 0 bridgehead atoms. The van der Waals surface area contributed by atoms with Gasteiger partial charge in [-0.3, -0.25) is 9.59 Å². The maximum absolute atomic E-state index is 12.4. The van der Waals surface area contributed by atoms with E-state index < -0.39 is 0 Å². The maximum atomic E-state index is 12.4. The van der Waals surface area contributed by atoms with E-state index in [0.717, 1.165) is 16.9 Å². The van der Waals surface area contributed by atoms with Crippen LogP contribution in [0.15, 0.2) is 66.9 Å². The van der Waals surface area contributed by atoms with Crippen molar-refractivity contribution < 1.29 is 9.59 Å². The number of carbonyl (C=O) groups excluding carboxylic acids is 2. The summed E-state index contributed by atoms with van der Waals surface area (Å²) in [5, 5.41) is 8.76. The van der Waals surface area contributed by atoms with Crippen LogP contribution in [0.3, 0.4) is 0 Å². The van der Waals surface area contributed by atoms with Crippen molar-refractivity contribution in [3.8, 4) is 0 Å². The van der Waals surface area contributed by atoms with Crippen LogP contribution >= 0.6 is 0 Å². The highest BCUT2D eigenvalue weighted by Crippen LogP contribution is 2.20. The molecular formula is C21H20N4O2. The van der Waals surface area contributed by atoms with Gasteiger partial charge in [-0.2, -0.15) is 0 Å². The lowest BCUT2D eigenvalue weighted by atomic mass is 10.2. The molecule has 0 aliphatic carbocycles. The van der Waals surface area contributed by atoms with Crippen LogP contribution in [0.2, 0.25) is 0 Å². The van der Waals surface area contributed by atoms with Crippen molar-refractivity contribution in [3.05, 3.63) is 78.0 Å². The Morgan fingerprint density at radius 3 is 2.37 bits per heavy atom. The van der Waals surface area contributed by atoms with Gasteiger partial charge in [-0.1, -0.05) is 24.3 Å². The number of rotatable bonds is 5. The molecule has 3 rings (SSSR count). The summed E-state index contributed by atoms with van der Waals surface area (Å²) >= 11 is 0. The molecule has 27 heavy (non-hydrogen) atoms. The van der Waals surface area contributed by atoms with Gasteiger partial charge < -0.3 is 16.0 Å². The van der Waals surface area contributed by atoms with Gasteiger partial charge in [0.25, 0.3) is 5.91 Å². The minimum atomic E-state index is -0.212. The average molecular weight is 360 g/mol. The van der Waals surface area contributed by atoms with Crippen LogP contribution in [-0.4, -0.2) is 16.8 Å². The normalized spacial score (nSPS) is 10.1. The molecule has 0 unspecified atom stereocenters. The summed E-state index contributed by atoms with van der Waals surface area (Å²) in [5.74, 6) is 0.257. The number of para-hydroxylation sites is 1. The molecule has 0 aliphatic heterocycles. The molecule has 0 radical (unpaired) electrons. The summed E-state index contributed by atoms with van der Waals surface area (Å²) in [7, 11) is 0. The Balaban J connectivity index is 1.67. The number of benzene rings is 2. The maximum Gasteiger partial charge on any atom is 0.257 e. The van der Waals surface area contributed by atoms with Crippen LogP contribution in [0.1, 0.15) is 22.8 Å². The van der Waals surface area contributed by atoms with E-state index in [-0.39, 0.29) is 11.8 Å². The standard InChI is InChI=1S/C21H20N4O2/c1-14-6-3-4-9-19(14)25-21(27)16-10-11-20(22-13-16)24-18-8-5-7-17(12-18)23-15(2)26/h3-13H,1-2H3,(H,22,24)(H,23,26)(H,25,27). The highest BCUT2D eigenvalue weighted by atomic mass is 16.2. The molecule has 3 N–H and O–H groups in total. The Morgan fingerprint density at radius 2 is 1.67 bits per heavy atom. The SMILES string of the molecule is CC(=O)Nc1cccc(Nc2ccc(C(=O)Nc3ccccc3C)cn2)c1. The highest BCUT2D eigenvalue weighted by molar-refractivity contribution is 6.04. The number of nitrogens with zero attached hydrogens (tertiary/aromatic N) is 1. The number of anilines is 4. The van der Waals surface area contributed by atoms with Gasteiger partial charge in [-0.05, 0) is 48.9 Å². The summed E-state index contributed by atoms with van der Waals surface area (Å²) < 4.78 is 0. The molecule has 6 nitrogen and oxygen atoms in total. The Bertz CT molecular complexity index is 968. The van der Waals surface area contributed by atoms with Gasteiger partial charge in [0, 0.05) is 30.2 Å². The molecule has 6 heteroatoms. The van der Waals surface area contributed by atoms with Gasteiger partial charge in [0.1, 0.15) is 5.82 Å². The second-order valence-electron chi connectivity index (χ2n) is 6.09. The summed E-state index contributed by atoms with van der Waals surface area (Å²) in [6, 6.07) is 18.4. The molecule has 136 valence electrons. The number of aryl methyl sites for hydroxylation is 1. The van der Waals surface area contributed by atoms with Crippen LogP contribution in [0.25, 0.3) is 0 Å². The van der Waals surface area contributed by atoms with Gasteiger partial charge >= 0.3 is 0 Å². The largest absolute Gasteiger partial charge is 0.340 e. The summed E-state index contributed by atoms with van der Waals surface area (Å²) in [4.78, 5) is 27.8. The first-order valence-corrected chi connectivity index (χ1v) is 8.49. The van der Waals surface area contributed by atoms with Crippen molar-refractivity contribution in [3.63, 3.8) is 0 Å². The van der Waals surface area contributed by atoms with Crippen LogP contribution in [-0.2, 0) is 4.79 Å². The third-order valence-corrected chi connectivity index (χ3v) is 3.87. The van der Waals surface area contributed by atoms with Crippen molar-refractivity contribution in [2.75, 3.05) is 16.0 Å². The molecule has 1 aromatic heterocycles. The van der Waals surface area contributed by atoms with E-state index in [9.17, 15) is 9.59 Å². The lowest BCUT2D eigenvalue weighted by Gasteiger charge is -2.10. The van der Waals surface area contributed by atoms with E-state index in [1.165, 1.54) is 13.1 Å². The predicted octanol–water partition coefficient (Wildman–Crippen LogP) is 4.34. The highest BCUT2D eigenvalue weighted by Gasteiger charge is 2.08. The Hall–Kier alpha value is -3.67. The fourth-order valence-corrected chi connectivity index (χ4v) is 2.54. The topological polar surface area (TPSA) is 83.1 Å². The van der Waals surface area contributed by atoms with Crippen LogP contribution in [0.5, 0.6) is 0 Å². The third-order valence-electron chi connectivity index (χ3n) is 3.87. The minimum Gasteiger partial charge on any atom is -0.340 e. The molecule has 2 aromatic carbocycles. The Morgan fingerprint density at radius 1 is 0.889 bits per heavy atom. The quantitative estimate of drug-likeness (QED) is 0.632. The van der Waals surface area contributed by atoms with Crippen LogP contribution in [0.4, 0.5) is 22.9 Å². The van der Waals surface area contributed by atoms with Crippen molar-refractivity contribution >= 4 is 34.7 Å². The second kappa shape index (κ2) is 8.14. The van der Waals surface area contributed by atoms with E-state index >= 15 is 0 Å². The number of pyridine rings is 1. The lowest BCUT2D eigenvalue weighted by molar-refractivity contribution is -0.114. The first-order valence-electron chi connectivity index (χ1n) is 8.49. The Labute approximate surface area is 157 Å². The fourth-order valence-electron chi connectivity index (χ4n) is 2.54. The van der Waals surface area contributed by atoms with Crippen molar-refractivity contribution in [1.29, 1.82) is 0 Å². The van der Waals surface area contributed by atoms with E-state index in [1.807, 2.05) is 49.4 Å². The summed E-state index contributed by atoms with van der Waals surface area (Å²) in [6.07, 6.45) is 1.52. The van der Waals surface area contributed by atoms with Gasteiger partial charge in [0.2, 0.25) is 5.91 Å². The molecule has 0 atom stereocenters. The summed E-state index contributed by atoms with van der Waals surface area (Å²) in [5.41, 5.74) is 3.72. The van der Waals surface area contributed by atoms with Crippen LogP contribution < -0.4 is 16.0 Å². The average Bonchev–Trinajstić information content (AvgIpc) is 2.64. The molecule has 2 amide bonds. The fraction of sp³-hybridized carbons (Fsp3) is 0.0952. The second-order valence-corrected chi connectivity index (χ2v) is 6.09. The molecule has 0 saturated heterocycles. The van der Waals surface area contributed by atoms with Crippen molar-refractivity contribution in [2.45, 2.75) is 13.8 Å². The zero-order valence-corrected chi connectivity index (χ0v) is 15.1. The number of hydrogen-bond donors (Lipinski definition) is 3. The number of carbonyl (C=O) groups is 2. The molecule has 0 saturated carbocycles. The van der Waals surface area contributed by atoms with Gasteiger partial charge in [0.15, 0.2) is 0 Å². The number of nitrogens with one attached hydrogen (secondary N) is 3. The number of amides is 2. The third kappa shape index (κ3) is 4.92. The molecule has 3 aromatic rings. The van der Waals surface area contributed by atoms with E-state index in [2.05, 4.69) is 20.9 Å². The molecule has 0 fully saturated rings. The molecule has 0 aliphatic rings. The van der Waals surface area contributed by atoms with E-state index in [0.29, 0.717) is 17.1 Å². The minimum absolute atomic E-state index is 0.130. The van der Waals surface area contributed by atoms with E-state index in [4.69, 9.17) is 0 Å².